The van der Waals surface area contributed by atoms with Crippen molar-refractivity contribution in [2.75, 3.05) is 23.9 Å². The van der Waals surface area contributed by atoms with E-state index in [2.05, 4.69) is 10.2 Å². The van der Waals surface area contributed by atoms with Gasteiger partial charge in [-0.25, -0.2) is 0 Å². The van der Waals surface area contributed by atoms with E-state index in [9.17, 15) is 9.90 Å². The third-order valence-electron chi connectivity index (χ3n) is 4.59. The summed E-state index contributed by atoms with van der Waals surface area (Å²) in [6.45, 7) is 0.770. The first-order valence-electron chi connectivity index (χ1n) is 7.57. The summed E-state index contributed by atoms with van der Waals surface area (Å²) in [7, 11) is 1.97. The van der Waals surface area contributed by atoms with E-state index in [1.54, 1.807) is 0 Å². The molecule has 114 valence electrons. The molecule has 1 fully saturated rings. The fourth-order valence-corrected chi connectivity index (χ4v) is 3.52. The molecular formula is C17H18N2O3. The first kappa shape index (κ1) is 13.4. The van der Waals surface area contributed by atoms with Crippen LogP contribution in [0.5, 0.6) is 5.75 Å². The van der Waals surface area contributed by atoms with E-state index in [1.165, 1.54) is 6.07 Å². The minimum absolute atomic E-state index is 0.0128. The molecule has 2 aromatic carbocycles. The maximum absolute atomic E-state index is 12.5. The molecule has 0 spiro atoms. The number of ether oxygens (including phenoxy) is 1. The summed E-state index contributed by atoms with van der Waals surface area (Å²) in [5, 5.41) is 15.0. The minimum atomic E-state index is -0.198. The molecule has 0 aromatic heterocycles. The predicted octanol–water partition coefficient (Wildman–Crippen LogP) is 2.27. The summed E-state index contributed by atoms with van der Waals surface area (Å²) in [5.74, 6) is 0.0128. The van der Waals surface area contributed by atoms with Crippen molar-refractivity contribution >= 4 is 22.1 Å². The number of anilines is 2. The molecule has 2 aliphatic heterocycles. The van der Waals surface area contributed by atoms with Gasteiger partial charge < -0.3 is 20.1 Å². The molecule has 0 saturated carbocycles. The molecular weight excluding hydrogens is 280 g/mol. The molecule has 2 atom stereocenters. The Balaban J connectivity index is 1.95. The fraction of sp³-hybridized carbons (Fsp3) is 0.353. The van der Waals surface area contributed by atoms with E-state index in [1.807, 2.05) is 31.3 Å². The second-order valence-electron chi connectivity index (χ2n) is 5.91. The van der Waals surface area contributed by atoms with Gasteiger partial charge in [0.1, 0.15) is 17.6 Å². The zero-order chi connectivity index (χ0) is 15.3. The number of benzene rings is 1. The molecule has 4 rings (SSSR count). The Morgan fingerprint density at radius 3 is 2.82 bits per heavy atom. The van der Waals surface area contributed by atoms with E-state index in [0.717, 1.165) is 30.5 Å². The molecule has 2 N–H and O–H groups in total. The zero-order valence-electron chi connectivity index (χ0n) is 12.4. The van der Waals surface area contributed by atoms with Crippen LogP contribution in [0, 0.1) is 0 Å². The van der Waals surface area contributed by atoms with Crippen molar-refractivity contribution < 1.29 is 9.84 Å². The Bertz CT molecular complexity index is 800. The van der Waals surface area contributed by atoms with Crippen molar-refractivity contribution in [3.63, 3.8) is 0 Å². The van der Waals surface area contributed by atoms with Gasteiger partial charge in [-0.1, -0.05) is 24.3 Å². The van der Waals surface area contributed by atoms with Gasteiger partial charge in [-0.3, -0.25) is 4.79 Å². The highest BCUT2D eigenvalue weighted by Crippen LogP contribution is 2.40. The normalized spacial score (nSPS) is 23.6. The fourth-order valence-electron chi connectivity index (χ4n) is 3.52. The zero-order valence-corrected chi connectivity index (χ0v) is 12.4. The van der Waals surface area contributed by atoms with Crippen LogP contribution in [0.1, 0.15) is 12.8 Å². The molecule has 0 aliphatic carbocycles. The maximum atomic E-state index is 12.5. The number of aromatic hydroxyl groups is 1. The van der Waals surface area contributed by atoms with Crippen LogP contribution in [0.25, 0.3) is 10.8 Å². The highest BCUT2D eigenvalue weighted by molar-refractivity contribution is 6.03. The van der Waals surface area contributed by atoms with Crippen LogP contribution in [-0.2, 0) is 4.74 Å². The molecule has 0 radical (unpaired) electrons. The Morgan fingerprint density at radius 2 is 2.09 bits per heavy atom. The third-order valence-corrected chi connectivity index (χ3v) is 4.59. The summed E-state index contributed by atoms with van der Waals surface area (Å²) in [4.78, 5) is 14.5. The Labute approximate surface area is 128 Å². The van der Waals surface area contributed by atoms with Gasteiger partial charge >= 0.3 is 0 Å². The van der Waals surface area contributed by atoms with E-state index in [0.29, 0.717) is 11.1 Å². The third kappa shape index (κ3) is 1.85. The largest absolute Gasteiger partial charge is 0.507 e. The standard InChI is InChI=1S/C17H18N2O3/c1-19-16-11-6-3-2-5-10(11)12(20)9-13(21)15(16)18-17(19)14-7-4-8-22-14/h2-3,5-6,9,14,17-18,20H,4,7-8H2,1H3. The molecule has 2 aliphatic rings. The van der Waals surface area contributed by atoms with Crippen molar-refractivity contribution in [3.8, 4) is 5.75 Å². The minimum Gasteiger partial charge on any atom is -0.507 e. The highest BCUT2D eigenvalue weighted by atomic mass is 16.5. The lowest BCUT2D eigenvalue weighted by Gasteiger charge is -2.27. The monoisotopic (exact) mass is 298 g/mol. The van der Waals surface area contributed by atoms with Gasteiger partial charge in [0.25, 0.3) is 0 Å². The van der Waals surface area contributed by atoms with E-state index in [4.69, 9.17) is 4.74 Å². The molecule has 5 nitrogen and oxygen atoms in total. The molecule has 1 saturated heterocycles. The summed E-state index contributed by atoms with van der Waals surface area (Å²) in [6, 6.07) is 8.83. The Kier molecular flexibility index (Phi) is 2.97. The topological polar surface area (TPSA) is 61.8 Å². The van der Waals surface area contributed by atoms with Crippen molar-refractivity contribution in [2.24, 2.45) is 0 Å². The van der Waals surface area contributed by atoms with Gasteiger partial charge in [-0.15, -0.1) is 0 Å². The molecule has 5 heteroatoms. The number of fused-ring (bicyclic) bond motifs is 3. The molecule has 2 heterocycles. The molecule has 2 aromatic rings. The number of nitrogens with zero attached hydrogens (tertiary/aromatic N) is 1. The van der Waals surface area contributed by atoms with Crippen LogP contribution in [0.2, 0.25) is 0 Å². The maximum Gasteiger partial charge on any atom is 0.207 e. The smallest absolute Gasteiger partial charge is 0.207 e. The quantitative estimate of drug-likeness (QED) is 0.845. The van der Waals surface area contributed by atoms with Crippen molar-refractivity contribution in [2.45, 2.75) is 25.1 Å². The SMILES string of the molecule is CN1c2c(c(=O)cc(O)c3ccccc23)NC1C1CCCO1. The molecule has 22 heavy (non-hydrogen) atoms. The summed E-state index contributed by atoms with van der Waals surface area (Å²) in [5.41, 5.74) is 1.18. The van der Waals surface area contributed by atoms with E-state index in [-0.39, 0.29) is 23.4 Å². The average Bonchev–Trinajstić information content (AvgIpc) is 3.12. The number of hydrogen-bond donors (Lipinski definition) is 2. The summed E-state index contributed by atoms with van der Waals surface area (Å²) < 4.78 is 5.78. The first-order valence-corrected chi connectivity index (χ1v) is 7.57. The predicted molar refractivity (Wildman–Crippen MR) is 86.7 cm³/mol. The van der Waals surface area contributed by atoms with Gasteiger partial charge in [0.05, 0.1) is 11.8 Å². The van der Waals surface area contributed by atoms with Gasteiger partial charge in [-0.05, 0) is 12.8 Å². The van der Waals surface area contributed by atoms with Gasteiger partial charge in [0, 0.05) is 30.5 Å². The van der Waals surface area contributed by atoms with Crippen molar-refractivity contribution in [3.05, 3.63) is 40.6 Å². The second-order valence-corrected chi connectivity index (χ2v) is 5.91. The van der Waals surface area contributed by atoms with Crippen LogP contribution in [-0.4, -0.2) is 31.0 Å². The number of likely N-dealkylation sites (N-methyl/N-ethyl adjacent to an activating group) is 1. The van der Waals surface area contributed by atoms with Crippen molar-refractivity contribution in [1.29, 1.82) is 0 Å². The van der Waals surface area contributed by atoms with Gasteiger partial charge in [0.2, 0.25) is 5.43 Å². The Hall–Kier alpha value is -2.27. The van der Waals surface area contributed by atoms with Crippen LogP contribution in [0.3, 0.4) is 0 Å². The Morgan fingerprint density at radius 1 is 1.32 bits per heavy atom. The second kappa shape index (κ2) is 4.88. The van der Waals surface area contributed by atoms with Gasteiger partial charge in [-0.2, -0.15) is 0 Å². The van der Waals surface area contributed by atoms with Crippen molar-refractivity contribution in [1.82, 2.24) is 0 Å². The van der Waals surface area contributed by atoms with Crippen LogP contribution in [0.4, 0.5) is 11.4 Å². The number of nitrogens with one attached hydrogen (secondary N) is 1. The van der Waals surface area contributed by atoms with Crippen LogP contribution in [0.15, 0.2) is 35.1 Å². The van der Waals surface area contributed by atoms with E-state index >= 15 is 0 Å². The summed E-state index contributed by atoms with van der Waals surface area (Å²) in [6.07, 6.45) is 2.07. The van der Waals surface area contributed by atoms with Crippen LogP contribution >= 0.6 is 0 Å². The molecule has 0 amide bonds. The molecule has 2 unspecified atom stereocenters. The number of rotatable bonds is 1. The molecule has 0 bridgehead atoms. The summed E-state index contributed by atoms with van der Waals surface area (Å²) >= 11 is 0. The van der Waals surface area contributed by atoms with Gasteiger partial charge in [0.15, 0.2) is 0 Å². The first-order chi connectivity index (χ1) is 10.7. The highest BCUT2D eigenvalue weighted by Gasteiger charge is 2.36. The van der Waals surface area contributed by atoms with E-state index < -0.39 is 0 Å². The lowest BCUT2D eigenvalue weighted by atomic mass is 10.1. The lowest BCUT2D eigenvalue weighted by Crippen LogP contribution is -2.42. The number of hydrogen-bond acceptors (Lipinski definition) is 5. The van der Waals surface area contributed by atoms with Crippen LogP contribution < -0.4 is 15.6 Å². The average molecular weight is 298 g/mol. The lowest BCUT2D eigenvalue weighted by molar-refractivity contribution is 0.0969.